The Labute approximate surface area is 121 Å². The number of likely N-dealkylation sites (tertiary alicyclic amines) is 1. The molecule has 1 aliphatic heterocycles. The van der Waals surface area contributed by atoms with Crippen LogP contribution < -0.4 is 5.56 Å². The number of aromatic nitrogens is 3. The average Bonchev–Trinajstić information content (AvgIpc) is 2.80. The number of hydrogen-bond donors (Lipinski definition) is 4. The maximum atomic E-state index is 11.6. The summed E-state index contributed by atoms with van der Waals surface area (Å²) in [6, 6.07) is 0.146. The van der Waals surface area contributed by atoms with E-state index in [0.717, 1.165) is 12.0 Å². The van der Waals surface area contributed by atoms with E-state index < -0.39 is 0 Å². The second-order valence-electron chi connectivity index (χ2n) is 4.85. The number of aliphatic hydroxyl groups is 2. The van der Waals surface area contributed by atoms with Crippen molar-refractivity contribution in [2.24, 2.45) is 0 Å². The molecule has 0 aromatic carbocycles. The van der Waals surface area contributed by atoms with E-state index in [9.17, 15) is 15.0 Å². The third kappa shape index (κ3) is 2.33. The van der Waals surface area contributed by atoms with Crippen LogP contribution in [-0.4, -0.2) is 55.4 Å². The predicted molar refractivity (Wildman–Crippen MR) is 75.9 cm³/mol. The van der Waals surface area contributed by atoms with Gasteiger partial charge in [0.15, 0.2) is 0 Å². The van der Waals surface area contributed by atoms with Gasteiger partial charge in [-0.05, 0) is 6.42 Å². The van der Waals surface area contributed by atoms with Gasteiger partial charge in [-0.2, -0.15) is 0 Å². The van der Waals surface area contributed by atoms with Crippen LogP contribution in [0.15, 0.2) is 17.3 Å². The molecule has 3 rings (SSSR count). The average molecular weight is 301 g/mol. The zero-order valence-corrected chi connectivity index (χ0v) is 11.6. The fraction of sp³-hybridized carbons (Fsp3) is 0.500. The summed E-state index contributed by atoms with van der Waals surface area (Å²) in [5, 5.41) is 18.5. The van der Waals surface area contributed by atoms with E-state index in [4.69, 9.17) is 0 Å². The number of fused-ring (bicyclic) bond motifs is 1. The molecule has 1 fully saturated rings. The number of aliphatic hydroxyl groups excluding tert-OH is 2. The first-order chi connectivity index (χ1) is 9.24. The monoisotopic (exact) mass is 300 g/mol. The van der Waals surface area contributed by atoms with Crippen molar-refractivity contribution in [2.75, 3.05) is 13.2 Å². The number of H-pyrrole nitrogens is 2. The minimum absolute atomic E-state index is 0. The van der Waals surface area contributed by atoms with Crippen LogP contribution in [0, 0.1) is 0 Å². The topological polar surface area (TPSA) is 105 Å². The van der Waals surface area contributed by atoms with Crippen molar-refractivity contribution in [2.45, 2.75) is 25.0 Å². The number of aromatic amines is 2. The minimum atomic E-state index is -0.197. The van der Waals surface area contributed by atoms with Crippen molar-refractivity contribution >= 4 is 23.4 Å². The van der Waals surface area contributed by atoms with Crippen molar-refractivity contribution < 1.29 is 10.2 Å². The fourth-order valence-corrected chi connectivity index (χ4v) is 2.68. The van der Waals surface area contributed by atoms with Gasteiger partial charge in [-0.15, -0.1) is 12.4 Å². The highest BCUT2D eigenvalue weighted by Gasteiger charge is 2.37. The lowest BCUT2D eigenvalue weighted by Crippen LogP contribution is -2.58. The van der Waals surface area contributed by atoms with E-state index in [2.05, 4.69) is 15.0 Å². The van der Waals surface area contributed by atoms with Gasteiger partial charge in [0.25, 0.3) is 5.56 Å². The zero-order chi connectivity index (χ0) is 13.4. The lowest BCUT2D eigenvalue weighted by atomic mass is 9.93. The molecule has 0 saturated carbocycles. The first-order valence-corrected chi connectivity index (χ1v) is 6.25. The summed E-state index contributed by atoms with van der Waals surface area (Å²) in [6.07, 6.45) is 3.93. The first kappa shape index (κ1) is 15.0. The third-order valence-electron chi connectivity index (χ3n) is 3.80. The highest BCUT2D eigenvalue weighted by atomic mass is 35.5. The third-order valence-corrected chi connectivity index (χ3v) is 3.80. The van der Waals surface area contributed by atoms with Crippen LogP contribution in [0.5, 0.6) is 0 Å². The number of halogens is 1. The number of hydrogen-bond acceptors (Lipinski definition) is 5. The van der Waals surface area contributed by atoms with E-state index in [1.807, 2.05) is 4.90 Å². The minimum Gasteiger partial charge on any atom is -0.395 e. The number of nitrogens with one attached hydrogen (secondary N) is 2. The van der Waals surface area contributed by atoms with E-state index in [0.29, 0.717) is 17.6 Å². The second-order valence-corrected chi connectivity index (χ2v) is 4.85. The summed E-state index contributed by atoms with van der Waals surface area (Å²) in [5.41, 5.74) is 1.80. The van der Waals surface area contributed by atoms with Gasteiger partial charge in [0.05, 0.1) is 25.1 Å². The molecular weight excluding hydrogens is 284 g/mol. The molecule has 2 aromatic heterocycles. The van der Waals surface area contributed by atoms with Gasteiger partial charge < -0.3 is 20.2 Å². The molecule has 4 N–H and O–H groups in total. The summed E-state index contributed by atoms with van der Waals surface area (Å²) in [7, 11) is 0. The molecule has 1 saturated heterocycles. The summed E-state index contributed by atoms with van der Waals surface area (Å²) < 4.78 is 0. The summed E-state index contributed by atoms with van der Waals surface area (Å²) >= 11 is 0. The van der Waals surface area contributed by atoms with Gasteiger partial charge in [0, 0.05) is 30.4 Å². The lowest BCUT2D eigenvalue weighted by molar-refractivity contribution is -0.0472. The Bertz CT molecular complexity index is 631. The molecule has 20 heavy (non-hydrogen) atoms. The largest absolute Gasteiger partial charge is 0.395 e. The fourth-order valence-electron chi connectivity index (χ4n) is 2.68. The molecule has 0 unspecified atom stereocenters. The Morgan fingerprint density at radius 3 is 2.65 bits per heavy atom. The summed E-state index contributed by atoms with van der Waals surface area (Å²) in [4.78, 5) is 23.2. The number of nitrogens with zero attached hydrogens (tertiary/aromatic N) is 2. The van der Waals surface area contributed by atoms with Gasteiger partial charge in [-0.25, -0.2) is 4.98 Å². The van der Waals surface area contributed by atoms with Crippen molar-refractivity contribution in [1.29, 1.82) is 0 Å². The molecular formula is C12H17ClN4O3. The van der Waals surface area contributed by atoms with Gasteiger partial charge in [-0.1, -0.05) is 0 Å². The van der Waals surface area contributed by atoms with Crippen LogP contribution >= 0.6 is 12.4 Å². The maximum absolute atomic E-state index is 11.6. The van der Waals surface area contributed by atoms with Crippen molar-refractivity contribution in [1.82, 2.24) is 19.9 Å². The van der Waals surface area contributed by atoms with Gasteiger partial charge in [-0.3, -0.25) is 9.69 Å². The predicted octanol–water partition coefficient (Wildman–Crippen LogP) is -0.400. The van der Waals surface area contributed by atoms with Crippen LogP contribution in [0.2, 0.25) is 0 Å². The SMILES string of the molecule is Cl.O=c1[nH]cnc2c(CN3[C@H](CO)C[C@H]3CO)c[nH]c12. The molecule has 8 heteroatoms. The molecule has 2 aromatic rings. The van der Waals surface area contributed by atoms with E-state index in [1.54, 1.807) is 6.20 Å². The van der Waals surface area contributed by atoms with Crippen LogP contribution in [0.25, 0.3) is 11.0 Å². The summed E-state index contributed by atoms with van der Waals surface area (Å²) in [6.45, 7) is 0.715. The maximum Gasteiger partial charge on any atom is 0.275 e. The quantitative estimate of drug-likeness (QED) is 0.615. The highest BCUT2D eigenvalue weighted by molar-refractivity contribution is 5.85. The molecule has 2 atom stereocenters. The summed E-state index contributed by atoms with van der Waals surface area (Å²) in [5.74, 6) is 0. The van der Waals surface area contributed by atoms with Gasteiger partial charge in [0.1, 0.15) is 5.52 Å². The second kappa shape index (κ2) is 5.92. The van der Waals surface area contributed by atoms with Crippen molar-refractivity contribution in [3.63, 3.8) is 0 Å². The Balaban J connectivity index is 0.00000147. The molecule has 0 spiro atoms. The smallest absolute Gasteiger partial charge is 0.275 e. The molecule has 3 heterocycles. The van der Waals surface area contributed by atoms with Crippen LogP contribution in [0.3, 0.4) is 0 Å². The standard InChI is InChI=1S/C12H16N4O3.ClH/c17-4-8-1-9(5-18)16(8)3-7-2-13-11-10(7)14-6-15-12(11)19;/h2,6,8-9,13,17-18H,1,3-5H2,(H,14,15,19);1H/t8-,9-;/m0./s1. The normalized spacial score (nSPS) is 22.5. The van der Waals surface area contributed by atoms with E-state index >= 15 is 0 Å². The van der Waals surface area contributed by atoms with Gasteiger partial charge >= 0.3 is 0 Å². The Morgan fingerprint density at radius 1 is 1.30 bits per heavy atom. The van der Waals surface area contributed by atoms with Crippen LogP contribution in [-0.2, 0) is 6.54 Å². The Kier molecular flexibility index (Phi) is 4.44. The molecule has 0 bridgehead atoms. The Morgan fingerprint density at radius 2 is 2.00 bits per heavy atom. The molecule has 0 amide bonds. The lowest BCUT2D eigenvalue weighted by Gasteiger charge is -2.47. The van der Waals surface area contributed by atoms with E-state index in [1.165, 1.54) is 6.33 Å². The highest BCUT2D eigenvalue weighted by Crippen LogP contribution is 2.28. The molecule has 0 aliphatic carbocycles. The zero-order valence-electron chi connectivity index (χ0n) is 10.7. The molecule has 0 radical (unpaired) electrons. The van der Waals surface area contributed by atoms with Crippen LogP contribution in [0.4, 0.5) is 0 Å². The Hall–Kier alpha value is -1.41. The molecule has 1 aliphatic rings. The molecule has 110 valence electrons. The van der Waals surface area contributed by atoms with E-state index in [-0.39, 0.29) is 43.3 Å². The molecule has 7 nitrogen and oxygen atoms in total. The van der Waals surface area contributed by atoms with Crippen LogP contribution in [0.1, 0.15) is 12.0 Å². The van der Waals surface area contributed by atoms with Crippen molar-refractivity contribution in [3.05, 3.63) is 28.4 Å². The first-order valence-electron chi connectivity index (χ1n) is 6.25. The van der Waals surface area contributed by atoms with Gasteiger partial charge in [0.2, 0.25) is 0 Å². The van der Waals surface area contributed by atoms with Crippen molar-refractivity contribution in [3.8, 4) is 0 Å². The number of rotatable bonds is 4.